The topological polar surface area (TPSA) is 100 Å². The quantitative estimate of drug-likeness (QED) is 0.445. The van der Waals surface area contributed by atoms with Crippen molar-refractivity contribution < 1.29 is 46.5 Å². The Morgan fingerprint density at radius 2 is 1.52 bits per heavy atom. The molecule has 8 nitrogen and oxygen atoms in total. The van der Waals surface area contributed by atoms with E-state index in [9.17, 15) is 27.6 Å². The van der Waals surface area contributed by atoms with Gasteiger partial charge in [-0.2, -0.15) is 13.2 Å². The van der Waals surface area contributed by atoms with Crippen LogP contribution in [0.25, 0.3) is 0 Å². The van der Waals surface area contributed by atoms with E-state index < -0.39 is 48.0 Å². The summed E-state index contributed by atoms with van der Waals surface area (Å²) in [7, 11) is 1.63. The van der Waals surface area contributed by atoms with Gasteiger partial charge in [0.1, 0.15) is 6.61 Å². The molecular weight excluding hydrogens is 447 g/mol. The summed E-state index contributed by atoms with van der Waals surface area (Å²) < 4.78 is 60.8. The average Bonchev–Trinajstić information content (AvgIpc) is 2.81. The van der Waals surface area contributed by atoms with Crippen LogP contribution in [0.5, 0.6) is 0 Å². The van der Waals surface area contributed by atoms with Gasteiger partial charge in [0.25, 0.3) is 5.60 Å². The molecule has 11 heteroatoms. The van der Waals surface area contributed by atoms with Crippen LogP contribution >= 0.6 is 0 Å². The number of benzene rings is 2. The van der Waals surface area contributed by atoms with Gasteiger partial charge in [0.15, 0.2) is 0 Å². The number of carbonyl (C=O) groups excluding carboxylic acids is 3. The largest absolute Gasteiger partial charge is 0.466 e. The standard InChI is InChI=1S/C22H22F3NO7/c1-30-18(27)17(13-26-20(29)32-14-15-9-5-3-6-10-15)33-19(28)21(31-2,22(23,24)25)16-11-7-4-8-12-16/h3-12,17H,13-14H2,1-2H3,(H,26,29)/t17-,21+/m0/s1. The smallest absolute Gasteiger partial charge is 0.432 e. The first-order chi connectivity index (χ1) is 15.7. The van der Waals surface area contributed by atoms with Gasteiger partial charge in [-0.15, -0.1) is 0 Å². The Hall–Kier alpha value is -3.60. The molecule has 0 aliphatic rings. The van der Waals surface area contributed by atoms with Crippen LogP contribution in [0, 0.1) is 0 Å². The van der Waals surface area contributed by atoms with E-state index in [2.05, 4.69) is 14.8 Å². The Labute approximate surface area is 187 Å². The van der Waals surface area contributed by atoms with E-state index >= 15 is 0 Å². The van der Waals surface area contributed by atoms with Crippen molar-refractivity contribution in [1.29, 1.82) is 0 Å². The summed E-state index contributed by atoms with van der Waals surface area (Å²) >= 11 is 0. The fourth-order valence-electron chi connectivity index (χ4n) is 2.85. The lowest BCUT2D eigenvalue weighted by molar-refractivity contribution is -0.278. The number of halogens is 3. The molecule has 0 unspecified atom stereocenters. The molecule has 178 valence electrons. The third-order valence-electron chi connectivity index (χ3n) is 4.53. The van der Waals surface area contributed by atoms with Gasteiger partial charge < -0.3 is 24.3 Å². The number of carbonyl (C=O) groups is 3. The van der Waals surface area contributed by atoms with Gasteiger partial charge in [-0.1, -0.05) is 60.7 Å². The molecule has 1 N–H and O–H groups in total. The van der Waals surface area contributed by atoms with E-state index in [4.69, 9.17) is 9.47 Å². The number of amides is 1. The lowest BCUT2D eigenvalue weighted by Gasteiger charge is -2.33. The lowest BCUT2D eigenvalue weighted by atomic mass is 9.92. The van der Waals surface area contributed by atoms with E-state index in [1.54, 1.807) is 30.3 Å². The molecule has 2 aromatic carbocycles. The van der Waals surface area contributed by atoms with Crippen LogP contribution in [0.4, 0.5) is 18.0 Å². The molecule has 0 fully saturated rings. The summed E-state index contributed by atoms with van der Waals surface area (Å²) in [6.45, 7) is -0.789. The predicted octanol–water partition coefficient (Wildman–Crippen LogP) is 3.10. The Morgan fingerprint density at radius 1 is 0.939 bits per heavy atom. The molecule has 2 aromatic rings. The van der Waals surface area contributed by atoms with Gasteiger partial charge in [0, 0.05) is 12.7 Å². The number of hydrogen-bond acceptors (Lipinski definition) is 7. The number of ether oxygens (including phenoxy) is 4. The molecule has 0 spiro atoms. The molecular formula is C22H22F3NO7. The summed E-state index contributed by atoms with van der Waals surface area (Å²) in [5.41, 5.74) is -3.38. The molecule has 0 aliphatic carbocycles. The molecule has 0 aromatic heterocycles. The number of alkyl carbamates (subject to hydrolysis) is 1. The Kier molecular flexibility index (Phi) is 8.80. The first-order valence-electron chi connectivity index (χ1n) is 9.56. The van der Waals surface area contributed by atoms with Crippen LogP contribution in [0.1, 0.15) is 11.1 Å². The summed E-state index contributed by atoms with van der Waals surface area (Å²) in [5.74, 6) is -3.09. The van der Waals surface area contributed by atoms with Crippen LogP contribution in [0.15, 0.2) is 60.7 Å². The van der Waals surface area contributed by atoms with E-state index in [0.717, 1.165) is 19.2 Å². The zero-order valence-electron chi connectivity index (χ0n) is 17.8. The number of hydrogen-bond donors (Lipinski definition) is 1. The van der Waals surface area contributed by atoms with Gasteiger partial charge in [-0.3, -0.25) is 0 Å². The minimum atomic E-state index is -5.23. The Morgan fingerprint density at radius 3 is 2.03 bits per heavy atom. The summed E-state index contributed by atoms with van der Waals surface area (Å²) in [6.07, 6.45) is -8.11. The van der Waals surface area contributed by atoms with Gasteiger partial charge >= 0.3 is 24.2 Å². The SMILES string of the molecule is COC(=O)[C@H](CNC(=O)OCc1ccccc1)OC(=O)[C@](OC)(c1ccccc1)C(F)(F)F. The van der Waals surface area contributed by atoms with Crippen molar-refractivity contribution in [3.63, 3.8) is 0 Å². The van der Waals surface area contributed by atoms with Crippen LogP contribution < -0.4 is 5.32 Å². The molecule has 0 saturated carbocycles. The van der Waals surface area contributed by atoms with Crippen molar-refractivity contribution in [3.05, 3.63) is 71.8 Å². The number of methoxy groups -OCH3 is 2. The highest BCUT2D eigenvalue weighted by Gasteiger charge is 2.64. The van der Waals surface area contributed by atoms with Crippen molar-refractivity contribution in [2.24, 2.45) is 0 Å². The molecule has 2 rings (SSSR count). The average molecular weight is 469 g/mol. The first kappa shape index (κ1) is 25.7. The molecule has 33 heavy (non-hydrogen) atoms. The van der Waals surface area contributed by atoms with Gasteiger partial charge in [-0.05, 0) is 5.56 Å². The molecule has 0 bridgehead atoms. The third-order valence-corrected chi connectivity index (χ3v) is 4.53. The lowest BCUT2D eigenvalue weighted by Crippen LogP contribution is -2.54. The van der Waals surface area contributed by atoms with E-state index in [0.29, 0.717) is 12.7 Å². The molecule has 2 atom stereocenters. The number of rotatable bonds is 9. The normalized spacial score (nSPS) is 13.8. The molecule has 0 radical (unpaired) electrons. The number of esters is 2. The zero-order chi connectivity index (χ0) is 24.5. The highest BCUT2D eigenvalue weighted by Crippen LogP contribution is 2.43. The van der Waals surface area contributed by atoms with Crippen LogP contribution in [0.3, 0.4) is 0 Å². The second kappa shape index (κ2) is 11.3. The minimum Gasteiger partial charge on any atom is -0.466 e. The second-order valence-corrected chi connectivity index (χ2v) is 6.61. The van der Waals surface area contributed by atoms with E-state index in [1.807, 2.05) is 0 Å². The molecule has 0 heterocycles. The van der Waals surface area contributed by atoms with Crippen molar-refractivity contribution >= 4 is 18.0 Å². The maximum absolute atomic E-state index is 14.0. The summed E-state index contributed by atoms with van der Waals surface area (Å²) in [4.78, 5) is 36.7. The highest BCUT2D eigenvalue weighted by molar-refractivity contribution is 5.86. The van der Waals surface area contributed by atoms with Crippen molar-refractivity contribution in [2.75, 3.05) is 20.8 Å². The Bertz CT molecular complexity index is 938. The maximum atomic E-state index is 14.0. The van der Waals surface area contributed by atoms with Gasteiger partial charge in [0.2, 0.25) is 6.10 Å². The predicted molar refractivity (Wildman–Crippen MR) is 108 cm³/mol. The maximum Gasteiger partial charge on any atom is 0.432 e. The third kappa shape index (κ3) is 6.22. The van der Waals surface area contributed by atoms with Crippen molar-refractivity contribution in [3.8, 4) is 0 Å². The Balaban J connectivity index is 2.14. The molecule has 0 saturated heterocycles. The highest BCUT2D eigenvalue weighted by atomic mass is 19.4. The minimum absolute atomic E-state index is 0.0930. The fourth-order valence-corrected chi connectivity index (χ4v) is 2.85. The van der Waals surface area contributed by atoms with Gasteiger partial charge in [-0.25, -0.2) is 14.4 Å². The monoisotopic (exact) mass is 469 g/mol. The molecule has 1 amide bonds. The number of nitrogens with one attached hydrogen (secondary N) is 1. The van der Waals surface area contributed by atoms with E-state index in [-0.39, 0.29) is 6.61 Å². The van der Waals surface area contributed by atoms with Crippen LogP contribution in [-0.4, -0.2) is 51.1 Å². The van der Waals surface area contributed by atoms with Gasteiger partial charge in [0.05, 0.1) is 13.7 Å². The van der Waals surface area contributed by atoms with Crippen molar-refractivity contribution in [2.45, 2.75) is 24.5 Å². The van der Waals surface area contributed by atoms with Crippen LogP contribution in [0.2, 0.25) is 0 Å². The fraction of sp³-hybridized carbons (Fsp3) is 0.318. The van der Waals surface area contributed by atoms with Crippen LogP contribution in [-0.2, 0) is 40.7 Å². The first-order valence-corrected chi connectivity index (χ1v) is 9.56. The summed E-state index contributed by atoms with van der Waals surface area (Å²) in [5, 5.41) is 2.16. The molecule has 0 aliphatic heterocycles. The second-order valence-electron chi connectivity index (χ2n) is 6.61. The summed E-state index contributed by atoms with van der Waals surface area (Å²) in [6, 6.07) is 14.7. The number of alkyl halides is 3. The zero-order valence-corrected chi connectivity index (χ0v) is 17.8. The van der Waals surface area contributed by atoms with Crippen molar-refractivity contribution in [1.82, 2.24) is 5.32 Å². The van der Waals surface area contributed by atoms with E-state index in [1.165, 1.54) is 18.2 Å².